The first-order chi connectivity index (χ1) is 5.27. The molecule has 0 aliphatic carbocycles. The molecular weight excluding hydrogens is 162 g/mol. The smallest absolute Gasteiger partial charge is 0.0815 e. The first-order valence-corrected chi connectivity index (χ1v) is 4.07. The zero-order chi connectivity index (χ0) is 7.84. The molecule has 0 aromatic carbocycles. The molecule has 1 aliphatic rings. The quantitative estimate of drug-likeness (QED) is 0.683. The highest BCUT2D eigenvalue weighted by atomic mass is 35.5. The molecule has 60 valence electrons. The Hall–Kier alpha value is -0.540. The SMILES string of the molecule is Cc1nn(C2CNC2)cc1Cl. The Balaban J connectivity index is 2.24. The van der Waals surface area contributed by atoms with E-state index in [2.05, 4.69) is 10.4 Å². The van der Waals surface area contributed by atoms with Crippen molar-refractivity contribution in [3.63, 3.8) is 0 Å². The molecule has 11 heavy (non-hydrogen) atoms. The van der Waals surface area contributed by atoms with Crippen LogP contribution in [0.25, 0.3) is 0 Å². The van der Waals surface area contributed by atoms with Gasteiger partial charge in [0.2, 0.25) is 0 Å². The van der Waals surface area contributed by atoms with Gasteiger partial charge >= 0.3 is 0 Å². The highest BCUT2D eigenvalue weighted by Gasteiger charge is 2.19. The van der Waals surface area contributed by atoms with Crippen LogP contribution in [0.2, 0.25) is 5.02 Å². The van der Waals surface area contributed by atoms with Crippen molar-refractivity contribution < 1.29 is 0 Å². The predicted octanol–water partition coefficient (Wildman–Crippen LogP) is 0.989. The summed E-state index contributed by atoms with van der Waals surface area (Å²) in [6.45, 7) is 3.94. The number of rotatable bonds is 1. The highest BCUT2D eigenvalue weighted by molar-refractivity contribution is 6.31. The molecule has 0 amide bonds. The van der Waals surface area contributed by atoms with E-state index in [-0.39, 0.29) is 0 Å². The van der Waals surface area contributed by atoms with Crippen LogP contribution in [-0.2, 0) is 0 Å². The monoisotopic (exact) mass is 171 g/mol. The number of nitrogens with zero attached hydrogens (tertiary/aromatic N) is 2. The van der Waals surface area contributed by atoms with Crippen molar-refractivity contribution >= 4 is 11.6 Å². The lowest BCUT2D eigenvalue weighted by molar-refractivity contribution is 0.317. The molecule has 0 saturated carbocycles. The van der Waals surface area contributed by atoms with Crippen LogP contribution in [0.3, 0.4) is 0 Å². The normalized spacial score (nSPS) is 18.4. The van der Waals surface area contributed by atoms with Gasteiger partial charge in [0.25, 0.3) is 0 Å². The largest absolute Gasteiger partial charge is 0.312 e. The molecule has 0 unspecified atom stereocenters. The van der Waals surface area contributed by atoms with E-state index in [4.69, 9.17) is 11.6 Å². The van der Waals surface area contributed by atoms with Crippen LogP contribution in [0.5, 0.6) is 0 Å². The molecule has 2 heterocycles. The van der Waals surface area contributed by atoms with Gasteiger partial charge in [0, 0.05) is 19.3 Å². The van der Waals surface area contributed by atoms with E-state index < -0.39 is 0 Å². The third-order valence-electron chi connectivity index (χ3n) is 1.99. The van der Waals surface area contributed by atoms with Gasteiger partial charge < -0.3 is 5.32 Å². The van der Waals surface area contributed by atoms with Gasteiger partial charge in [-0.15, -0.1) is 0 Å². The van der Waals surface area contributed by atoms with Crippen molar-refractivity contribution in [3.8, 4) is 0 Å². The Kier molecular flexibility index (Phi) is 1.62. The molecule has 0 atom stereocenters. The molecular formula is C7H10ClN3. The fraction of sp³-hybridized carbons (Fsp3) is 0.571. The molecule has 2 rings (SSSR count). The predicted molar refractivity (Wildman–Crippen MR) is 43.9 cm³/mol. The van der Waals surface area contributed by atoms with E-state index >= 15 is 0 Å². The van der Waals surface area contributed by atoms with Gasteiger partial charge in [-0.3, -0.25) is 4.68 Å². The number of hydrogen-bond acceptors (Lipinski definition) is 2. The fourth-order valence-corrected chi connectivity index (χ4v) is 1.24. The summed E-state index contributed by atoms with van der Waals surface area (Å²) in [5, 5.41) is 8.22. The molecule has 4 heteroatoms. The lowest BCUT2D eigenvalue weighted by Crippen LogP contribution is -2.43. The average Bonchev–Trinajstić information content (AvgIpc) is 2.08. The molecule has 1 aliphatic heterocycles. The van der Waals surface area contributed by atoms with E-state index in [1.54, 1.807) is 0 Å². The van der Waals surface area contributed by atoms with Gasteiger partial charge in [0.15, 0.2) is 0 Å². The lowest BCUT2D eigenvalue weighted by atomic mass is 10.2. The maximum absolute atomic E-state index is 5.85. The molecule has 0 spiro atoms. The molecule has 1 aromatic heterocycles. The van der Waals surface area contributed by atoms with Crippen LogP contribution in [-0.4, -0.2) is 22.9 Å². The number of halogens is 1. The third kappa shape index (κ3) is 1.14. The number of aryl methyl sites for hydroxylation is 1. The Morgan fingerprint density at radius 2 is 2.45 bits per heavy atom. The van der Waals surface area contributed by atoms with Crippen LogP contribution < -0.4 is 5.32 Å². The minimum absolute atomic E-state index is 0.515. The molecule has 3 nitrogen and oxygen atoms in total. The zero-order valence-electron chi connectivity index (χ0n) is 6.34. The molecule has 1 fully saturated rings. The summed E-state index contributed by atoms with van der Waals surface area (Å²) < 4.78 is 1.94. The maximum Gasteiger partial charge on any atom is 0.0815 e. The second-order valence-electron chi connectivity index (χ2n) is 2.85. The van der Waals surface area contributed by atoms with Crippen molar-refractivity contribution in [3.05, 3.63) is 16.9 Å². The molecule has 0 bridgehead atoms. The molecule has 1 N–H and O–H groups in total. The van der Waals surface area contributed by atoms with Crippen LogP contribution in [0.4, 0.5) is 0 Å². The molecule has 1 saturated heterocycles. The number of nitrogens with one attached hydrogen (secondary N) is 1. The van der Waals surface area contributed by atoms with Crippen LogP contribution in [0.1, 0.15) is 11.7 Å². The van der Waals surface area contributed by atoms with Gasteiger partial charge in [-0.1, -0.05) is 11.6 Å². The summed E-state index contributed by atoms with van der Waals surface area (Å²) in [6.07, 6.45) is 1.89. The van der Waals surface area contributed by atoms with Gasteiger partial charge in [0.05, 0.1) is 16.8 Å². The Bertz CT molecular complexity index is 245. The van der Waals surface area contributed by atoms with E-state index in [9.17, 15) is 0 Å². The Morgan fingerprint density at radius 1 is 1.73 bits per heavy atom. The minimum Gasteiger partial charge on any atom is -0.312 e. The standard InChI is InChI=1S/C7H10ClN3/c1-5-7(8)4-11(10-5)6-2-9-3-6/h4,6,9H,2-3H2,1H3. The van der Waals surface area contributed by atoms with E-state index in [0.29, 0.717) is 6.04 Å². The van der Waals surface area contributed by atoms with Gasteiger partial charge in [-0.2, -0.15) is 5.10 Å². The van der Waals surface area contributed by atoms with Gasteiger partial charge in [-0.05, 0) is 6.92 Å². The van der Waals surface area contributed by atoms with Crippen molar-refractivity contribution in [2.45, 2.75) is 13.0 Å². The van der Waals surface area contributed by atoms with Gasteiger partial charge in [0.1, 0.15) is 0 Å². The summed E-state index contributed by atoms with van der Waals surface area (Å²) in [7, 11) is 0. The van der Waals surface area contributed by atoms with Crippen molar-refractivity contribution in [2.75, 3.05) is 13.1 Å². The van der Waals surface area contributed by atoms with Crippen molar-refractivity contribution in [1.29, 1.82) is 0 Å². The topological polar surface area (TPSA) is 29.9 Å². The number of hydrogen-bond donors (Lipinski definition) is 1. The molecule has 0 radical (unpaired) electrons. The van der Waals surface area contributed by atoms with E-state index in [1.807, 2.05) is 17.8 Å². The minimum atomic E-state index is 0.515. The fourth-order valence-electron chi connectivity index (χ4n) is 1.11. The average molecular weight is 172 g/mol. The summed E-state index contributed by atoms with van der Waals surface area (Å²) in [5.74, 6) is 0. The van der Waals surface area contributed by atoms with E-state index in [0.717, 1.165) is 23.8 Å². The Labute approximate surface area is 70.3 Å². The van der Waals surface area contributed by atoms with Crippen LogP contribution in [0.15, 0.2) is 6.20 Å². The second-order valence-corrected chi connectivity index (χ2v) is 3.26. The summed E-state index contributed by atoms with van der Waals surface area (Å²) in [5.41, 5.74) is 0.915. The summed E-state index contributed by atoms with van der Waals surface area (Å²) in [6, 6.07) is 0.515. The first-order valence-electron chi connectivity index (χ1n) is 3.69. The third-order valence-corrected chi connectivity index (χ3v) is 2.36. The maximum atomic E-state index is 5.85. The lowest BCUT2D eigenvalue weighted by Gasteiger charge is -2.27. The van der Waals surface area contributed by atoms with Gasteiger partial charge in [-0.25, -0.2) is 0 Å². The van der Waals surface area contributed by atoms with Crippen molar-refractivity contribution in [1.82, 2.24) is 15.1 Å². The second kappa shape index (κ2) is 2.50. The first kappa shape index (κ1) is 7.13. The summed E-state index contributed by atoms with van der Waals surface area (Å²) >= 11 is 5.85. The molecule has 1 aromatic rings. The van der Waals surface area contributed by atoms with Crippen molar-refractivity contribution in [2.24, 2.45) is 0 Å². The van der Waals surface area contributed by atoms with Crippen LogP contribution >= 0.6 is 11.6 Å². The number of aromatic nitrogens is 2. The van der Waals surface area contributed by atoms with Crippen LogP contribution in [0, 0.1) is 6.92 Å². The summed E-state index contributed by atoms with van der Waals surface area (Å²) in [4.78, 5) is 0. The highest BCUT2D eigenvalue weighted by Crippen LogP contribution is 2.17. The zero-order valence-corrected chi connectivity index (χ0v) is 7.10. The van der Waals surface area contributed by atoms with E-state index in [1.165, 1.54) is 0 Å². The Morgan fingerprint density at radius 3 is 2.82 bits per heavy atom.